The van der Waals surface area contributed by atoms with Gasteiger partial charge in [-0.3, -0.25) is 4.79 Å². The second-order valence-electron chi connectivity index (χ2n) is 4.16. The van der Waals surface area contributed by atoms with Crippen LogP contribution in [0, 0.1) is 5.41 Å². The van der Waals surface area contributed by atoms with E-state index in [4.69, 9.17) is 0 Å². The Labute approximate surface area is 96.1 Å². The van der Waals surface area contributed by atoms with Crippen LogP contribution in [0.3, 0.4) is 0 Å². The van der Waals surface area contributed by atoms with Crippen LogP contribution in [-0.4, -0.2) is 10.9 Å². The number of halogens is 1. The zero-order valence-corrected chi connectivity index (χ0v) is 10.8. The molecular formula is C10H13BrO2S. The number of rotatable bonds is 2. The maximum atomic E-state index is 11.7. The van der Waals surface area contributed by atoms with E-state index in [-0.39, 0.29) is 5.78 Å². The summed E-state index contributed by atoms with van der Waals surface area (Å²) < 4.78 is 0.924. The second kappa shape index (κ2) is 4.13. The summed E-state index contributed by atoms with van der Waals surface area (Å²) in [5.74, 6) is -0.146. The normalized spacial score (nSPS) is 14.1. The number of thiophene rings is 1. The van der Waals surface area contributed by atoms with Gasteiger partial charge in [0.15, 0.2) is 5.78 Å². The molecule has 1 heterocycles. The SMILES string of the molecule is CC(C)(C)C(=O)C(O)c1ccc(Br)s1. The lowest BCUT2D eigenvalue weighted by atomic mass is 9.87. The maximum absolute atomic E-state index is 11.7. The average Bonchev–Trinajstić information content (AvgIpc) is 2.47. The number of carbonyl (C=O) groups is 1. The Balaban J connectivity index is 2.86. The van der Waals surface area contributed by atoms with Crippen molar-refractivity contribution in [3.63, 3.8) is 0 Å². The average molecular weight is 277 g/mol. The third kappa shape index (κ3) is 2.65. The second-order valence-corrected chi connectivity index (χ2v) is 6.65. The fourth-order valence-electron chi connectivity index (χ4n) is 1.01. The minimum Gasteiger partial charge on any atom is -0.380 e. The predicted octanol–water partition coefficient (Wildman–Crippen LogP) is 3.16. The summed E-state index contributed by atoms with van der Waals surface area (Å²) >= 11 is 4.68. The van der Waals surface area contributed by atoms with Crippen molar-refractivity contribution in [2.75, 3.05) is 0 Å². The Bertz CT molecular complexity index is 338. The largest absolute Gasteiger partial charge is 0.380 e. The first-order valence-electron chi connectivity index (χ1n) is 4.30. The van der Waals surface area contributed by atoms with Crippen molar-refractivity contribution in [2.45, 2.75) is 26.9 Å². The number of aliphatic hydroxyl groups is 1. The predicted molar refractivity (Wildman–Crippen MR) is 61.4 cm³/mol. The Morgan fingerprint density at radius 3 is 2.43 bits per heavy atom. The molecule has 0 fully saturated rings. The molecule has 0 bridgehead atoms. The highest BCUT2D eigenvalue weighted by Crippen LogP contribution is 2.31. The molecule has 1 unspecified atom stereocenters. The number of ketones is 1. The molecule has 78 valence electrons. The monoisotopic (exact) mass is 276 g/mol. The van der Waals surface area contributed by atoms with E-state index in [2.05, 4.69) is 15.9 Å². The zero-order valence-electron chi connectivity index (χ0n) is 8.37. The van der Waals surface area contributed by atoms with Crippen LogP contribution in [-0.2, 0) is 4.79 Å². The zero-order chi connectivity index (χ0) is 10.9. The summed E-state index contributed by atoms with van der Waals surface area (Å²) in [7, 11) is 0. The molecule has 0 aliphatic carbocycles. The summed E-state index contributed by atoms with van der Waals surface area (Å²) in [5.41, 5.74) is -0.504. The van der Waals surface area contributed by atoms with E-state index in [1.165, 1.54) is 11.3 Å². The van der Waals surface area contributed by atoms with E-state index >= 15 is 0 Å². The van der Waals surface area contributed by atoms with Gasteiger partial charge in [0.2, 0.25) is 0 Å². The number of hydrogen-bond acceptors (Lipinski definition) is 3. The van der Waals surface area contributed by atoms with E-state index < -0.39 is 11.5 Å². The van der Waals surface area contributed by atoms with Crippen molar-refractivity contribution in [1.29, 1.82) is 0 Å². The van der Waals surface area contributed by atoms with Gasteiger partial charge in [0.25, 0.3) is 0 Å². The highest BCUT2D eigenvalue weighted by atomic mass is 79.9. The van der Waals surface area contributed by atoms with Gasteiger partial charge in [-0.15, -0.1) is 11.3 Å². The first-order valence-corrected chi connectivity index (χ1v) is 5.91. The number of hydrogen-bond donors (Lipinski definition) is 1. The smallest absolute Gasteiger partial charge is 0.171 e. The number of carbonyl (C=O) groups excluding carboxylic acids is 1. The first-order chi connectivity index (χ1) is 6.32. The van der Waals surface area contributed by atoms with Gasteiger partial charge in [-0.05, 0) is 28.1 Å². The molecule has 4 heteroatoms. The Hall–Kier alpha value is -0.190. The van der Waals surface area contributed by atoms with Crippen molar-refractivity contribution >= 4 is 33.0 Å². The van der Waals surface area contributed by atoms with Gasteiger partial charge in [-0.2, -0.15) is 0 Å². The molecule has 0 saturated heterocycles. The Morgan fingerprint density at radius 1 is 1.50 bits per heavy atom. The molecule has 1 aromatic rings. The molecule has 0 spiro atoms. The summed E-state index contributed by atoms with van der Waals surface area (Å²) in [6.45, 7) is 5.42. The molecule has 1 atom stereocenters. The third-order valence-electron chi connectivity index (χ3n) is 1.85. The Kier molecular flexibility index (Phi) is 3.50. The Morgan fingerprint density at radius 2 is 2.07 bits per heavy atom. The van der Waals surface area contributed by atoms with Gasteiger partial charge in [0.1, 0.15) is 6.10 Å². The van der Waals surface area contributed by atoms with Crippen molar-refractivity contribution in [3.8, 4) is 0 Å². The summed E-state index contributed by atoms with van der Waals surface area (Å²) in [4.78, 5) is 12.4. The topological polar surface area (TPSA) is 37.3 Å². The first kappa shape index (κ1) is 11.9. The molecule has 0 aliphatic heterocycles. The fourth-order valence-corrected chi connectivity index (χ4v) is 2.42. The van der Waals surface area contributed by atoms with Gasteiger partial charge in [-0.25, -0.2) is 0 Å². The van der Waals surface area contributed by atoms with E-state index in [9.17, 15) is 9.90 Å². The van der Waals surface area contributed by atoms with Crippen LogP contribution in [0.15, 0.2) is 15.9 Å². The van der Waals surface area contributed by atoms with Gasteiger partial charge in [0, 0.05) is 10.3 Å². The highest BCUT2D eigenvalue weighted by molar-refractivity contribution is 9.11. The molecule has 0 aromatic carbocycles. The lowest BCUT2D eigenvalue weighted by Crippen LogP contribution is -2.26. The number of Topliss-reactive ketones (excluding diaryl/α,β-unsaturated/α-hetero) is 1. The van der Waals surface area contributed by atoms with E-state index in [0.717, 1.165) is 3.79 Å². The minimum atomic E-state index is -0.994. The lowest BCUT2D eigenvalue weighted by Gasteiger charge is -2.19. The van der Waals surface area contributed by atoms with Gasteiger partial charge < -0.3 is 5.11 Å². The molecule has 1 aromatic heterocycles. The van der Waals surface area contributed by atoms with Gasteiger partial charge in [-0.1, -0.05) is 20.8 Å². The molecule has 1 N–H and O–H groups in total. The molecule has 0 aliphatic rings. The molecule has 14 heavy (non-hydrogen) atoms. The van der Waals surface area contributed by atoms with Crippen LogP contribution in [0.1, 0.15) is 31.8 Å². The molecule has 1 rings (SSSR count). The van der Waals surface area contributed by atoms with Crippen molar-refractivity contribution in [3.05, 3.63) is 20.8 Å². The van der Waals surface area contributed by atoms with Crippen molar-refractivity contribution in [1.82, 2.24) is 0 Å². The third-order valence-corrected chi connectivity index (χ3v) is 3.53. The minimum absolute atomic E-state index is 0.146. The van der Waals surface area contributed by atoms with Crippen molar-refractivity contribution < 1.29 is 9.90 Å². The standard InChI is InChI=1S/C10H13BrO2S/c1-10(2,3)9(13)8(12)6-4-5-7(11)14-6/h4-5,8,12H,1-3H3. The maximum Gasteiger partial charge on any atom is 0.171 e. The van der Waals surface area contributed by atoms with Crippen LogP contribution in [0.5, 0.6) is 0 Å². The highest BCUT2D eigenvalue weighted by Gasteiger charge is 2.29. The summed E-state index contributed by atoms with van der Waals surface area (Å²) in [6.07, 6.45) is -0.994. The molecule has 0 saturated carbocycles. The van der Waals surface area contributed by atoms with Crippen LogP contribution < -0.4 is 0 Å². The molecular weight excluding hydrogens is 264 g/mol. The quantitative estimate of drug-likeness (QED) is 0.901. The van der Waals surface area contributed by atoms with Crippen LogP contribution in [0.25, 0.3) is 0 Å². The fraction of sp³-hybridized carbons (Fsp3) is 0.500. The van der Waals surface area contributed by atoms with Crippen LogP contribution >= 0.6 is 27.3 Å². The summed E-state index contributed by atoms with van der Waals surface area (Å²) in [6, 6.07) is 3.60. The van der Waals surface area contributed by atoms with E-state index in [1.54, 1.807) is 26.8 Å². The molecule has 0 amide bonds. The van der Waals surface area contributed by atoms with Gasteiger partial charge >= 0.3 is 0 Å². The summed E-state index contributed by atoms with van der Waals surface area (Å²) in [5, 5.41) is 9.78. The molecule has 0 radical (unpaired) electrons. The van der Waals surface area contributed by atoms with E-state index in [1.807, 2.05) is 6.07 Å². The number of aliphatic hydroxyl groups excluding tert-OH is 1. The molecule has 2 nitrogen and oxygen atoms in total. The van der Waals surface area contributed by atoms with Crippen LogP contribution in [0.4, 0.5) is 0 Å². The van der Waals surface area contributed by atoms with E-state index in [0.29, 0.717) is 4.88 Å². The lowest BCUT2D eigenvalue weighted by molar-refractivity contribution is -0.135. The van der Waals surface area contributed by atoms with Gasteiger partial charge in [0.05, 0.1) is 3.79 Å². The van der Waals surface area contributed by atoms with Crippen molar-refractivity contribution in [2.24, 2.45) is 5.41 Å². The van der Waals surface area contributed by atoms with Crippen LogP contribution in [0.2, 0.25) is 0 Å².